The molecule has 0 radical (unpaired) electrons. The lowest BCUT2D eigenvalue weighted by Crippen LogP contribution is -2.14. The Kier molecular flexibility index (Phi) is 4.08. The summed E-state index contributed by atoms with van der Waals surface area (Å²) in [4.78, 5) is 24.6. The minimum Gasteiger partial charge on any atom is -0.328 e. The standard InChI is InChI=1S/C18H12F3NO3/c1-11-15(12-6-3-2-4-7-12)17(24)25-22(11)16(23)13-8-5-9-14(10-13)18(19,20)21/h2-10H,1H3. The molecule has 3 aromatic rings. The highest BCUT2D eigenvalue weighted by atomic mass is 19.4. The van der Waals surface area contributed by atoms with Gasteiger partial charge in [-0.15, -0.1) is 4.74 Å². The second-order valence-electron chi connectivity index (χ2n) is 5.38. The van der Waals surface area contributed by atoms with Gasteiger partial charge in [0, 0.05) is 5.56 Å². The number of alkyl halides is 3. The molecule has 0 amide bonds. The third-order valence-electron chi connectivity index (χ3n) is 3.73. The molecule has 1 heterocycles. The molecular weight excluding hydrogens is 335 g/mol. The van der Waals surface area contributed by atoms with E-state index in [1.54, 1.807) is 30.3 Å². The first-order chi connectivity index (χ1) is 11.8. The number of carbonyl (C=O) groups excluding carboxylic acids is 1. The van der Waals surface area contributed by atoms with Gasteiger partial charge in [-0.05, 0) is 30.7 Å². The lowest BCUT2D eigenvalue weighted by atomic mass is 10.1. The zero-order chi connectivity index (χ0) is 18.2. The summed E-state index contributed by atoms with van der Waals surface area (Å²) >= 11 is 0. The molecule has 0 saturated heterocycles. The molecule has 0 unspecified atom stereocenters. The van der Waals surface area contributed by atoms with Crippen LogP contribution in [-0.4, -0.2) is 10.6 Å². The average Bonchev–Trinajstić information content (AvgIpc) is 2.89. The highest BCUT2D eigenvalue weighted by Gasteiger charge is 2.31. The maximum absolute atomic E-state index is 12.8. The number of hydrogen-bond donors (Lipinski definition) is 0. The minimum atomic E-state index is -4.57. The van der Waals surface area contributed by atoms with Crippen LogP contribution in [0, 0.1) is 6.92 Å². The predicted molar refractivity (Wildman–Crippen MR) is 84.3 cm³/mol. The quantitative estimate of drug-likeness (QED) is 0.701. The fourth-order valence-corrected chi connectivity index (χ4v) is 2.52. The molecule has 0 aliphatic carbocycles. The molecule has 0 spiro atoms. The predicted octanol–water partition coefficient (Wildman–Crippen LogP) is 4.12. The average molecular weight is 347 g/mol. The van der Waals surface area contributed by atoms with Crippen molar-refractivity contribution in [2.75, 3.05) is 0 Å². The SMILES string of the molecule is Cc1c(-c2ccccc2)c(=O)on1C(=O)c1cccc(C(F)(F)F)c1. The Bertz CT molecular complexity index is 985. The fraction of sp³-hybridized carbons (Fsp3) is 0.111. The Morgan fingerprint density at radius 3 is 2.36 bits per heavy atom. The number of aromatic nitrogens is 1. The lowest BCUT2D eigenvalue weighted by molar-refractivity contribution is -0.137. The van der Waals surface area contributed by atoms with Gasteiger partial charge in [0.2, 0.25) is 0 Å². The van der Waals surface area contributed by atoms with Gasteiger partial charge in [-0.3, -0.25) is 4.79 Å². The van der Waals surface area contributed by atoms with Crippen LogP contribution in [0.2, 0.25) is 0 Å². The normalized spacial score (nSPS) is 11.5. The van der Waals surface area contributed by atoms with Gasteiger partial charge in [0.25, 0.3) is 5.91 Å². The van der Waals surface area contributed by atoms with Crippen molar-refractivity contribution in [2.24, 2.45) is 0 Å². The smallest absolute Gasteiger partial charge is 0.328 e. The third kappa shape index (κ3) is 3.13. The second-order valence-corrected chi connectivity index (χ2v) is 5.38. The molecule has 0 aliphatic heterocycles. The Morgan fingerprint density at radius 2 is 1.72 bits per heavy atom. The van der Waals surface area contributed by atoms with Crippen LogP contribution in [0.5, 0.6) is 0 Å². The van der Waals surface area contributed by atoms with Crippen LogP contribution in [-0.2, 0) is 6.18 Å². The largest absolute Gasteiger partial charge is 0.416 e. The summed E-state index contributed by atoms with van der Waals surface area (Å²) in [7, 11) is 0. The zero-order valence-corrected chi connectivity index (χ0v) is 13.0. The second kappa shape index (κ2) is 6.08. The summed E-state index contributed by atoms with van der Waals surface area (Å²) < 4.78 is 44.1. The van der Waals surface area contributed by atoms with E-state index in [9.17, 15) is 22.8 Å². The van der Waals surface area contributed by atoms with E-state index in [1.807, 2.05) is 0 Å². The van der Waals surface area contributed by atoms with E-state index in [2.05, 4.69) is 0 Å². The summed E-state index contributed by atoms with van der Waals surface area (Å²) in [6.45, 7) is 1.50. The van der Waals surface area contributed by atoms with Crippen molar-refractivity contribution < 1.29 is 22.5 Å². The number of halogens is 3. The number of rotatable bonds is 2. The van der Waals surface area contributed by atoms with Gasteiger partial charge in [0.1, 0.15) is 0 Å². The molecule has 0 atom stereocenters. The van der Waals surface area contributed by atoms with Crippen molar-refractivity contribution in [2.45, 2.75) is 13.1 Å². The molecule has 0 fully saturated rings. The van der Waals surface area contributed by atoms with E-state index >= 15 is 0 Å². The van der Waals surface area contributed by atoms with Crippen LogP contribution in [0.25, 0.3) is 11.1 Å². The third-order valence-corrected chi connectivity index (χ3v) is 3.73. The molecule has 3 rings (SSSR count). The van der Waals surface area contributed by atoms with Crippen LogP contribution >= 0.6 is 0 Å². The van der Waals surface area contributed by atoms with Gasteiger partial charge in [0.15, 0.2) is 0 Å². The van der Waals surface area contributed by atoms with E-state index < -0.39 is 23.3 Å². The molecular formula is C18H12F3NO3. The van der Waals surface area contributed by atoms with Gasteiger partial charge < -0.3 is 4.52 Å². The van der Waals surface area contributed by atoms with Gasteiger partial charge in [-0.25, -0.2) is 4.79 Å². The van der Waals surface area contributed by atoms with Gasteiger partial charge in [-0.2, -0.15) is 13.2 Å². The minimum absolute atomic E-state index is 0.195. The van der Waals surface area contributed by atoms with E-state index in [-0.39, 0.29) is 16.8 Å². The summed E-state index contributed by atoms with van der Waals surface area (Å²) in [6.07, 6.45) is -4.57. The van der Waals surface area contributed by atoms with Crippen molar-refractivity contribution in [1.29, 1.82) is 0 Å². The molecule has 0 saturated carbocycles. The van der Waals surface area contributed by atoms with Crippen molar-refractivity contribution >= 4 is 5.91 Å². The van der Waals surface area contributed by atoms with Gasteiger partial charge in [0.05, 0.1) is 16.8 Å². The highest BCUT2D eigenvalue weighted by Crippen LogP contribution is 2.30. The molecule has 4 nitrogen and oxygen atoms in total. The Morgan fingerprint density at radius 1 is 1.04 bits per heavy atom. The van der Waals surface area contributed by atoms with Crippen molar-refractivity contribution in [3.63, 3.8) is 0 Å². The highest BCUT2D eigenvalue weighted by molar-refractivity contribution is 5.96. The van der Waals surface area contributed by atoms with Crippen molar-refractivity contribution in [3.05, 3.63) is 81.8 Å². The maximum Gasteiger partial charge on any atom is 0.416 e. The summed E-state index contributed by atoms with van der Waals surface area (Å²) in [5, 5.41) is 0. The molecule has 2 aromatic carbocycles. The molecule has 1 aromatic heterocycles. The molecule has 25 heavy (non-hydrogen) atoms. The Hall–Kier alpha value is -3.09. The molecule has 0 bridgehead atoms. The van der Waals surface area contributed by atoms with Crippen molar-refractivity contribution in [3.8, 4) is 11.1 Å². The number of benzene rings is 2. The Balaban J connectivity index is 2.07. The van der Waals surface area contributed by atoms with Crippen LogP contribution in [0.15, 0.2) is 63.9 Å². The molecule has 0 aliphatic rings. The monoisotopic (exact) mass is 347 g/mol. The van der Waals surface area contributed by atoms with E-state index in [1.165, 1.54) is 13.0 Å². The van der Waals surface area contributed by atoms with Crippen LogP contribution in [0.1, 0.15) is 21.6 Å². The van der Waals surface area contributed by atoms with Crippen LogP contribution in [0.3, 0.4) is 0 Å². The van der Waals surface area contributed by atoms with Gasteiger partial charge in [-0.1, -0.05) is 36.4 Å². The molecule has 0 N–H and O–H groups in total. The van der Waals surface area contributed by atoms with Gasteiger partial charge >= 0.3 is 11.8 Å². The van der Waals surface area contributed by atoms with E-state index in [0.29, 0.717) is 5.56 Å². The van der Waals surface area contributed by atoms with Crippen LogP contribution in [0.4, 0.5) is 13.2 Å². The first-order valence-electron chi connectivity index (χ1n) is 7.29. The number of nitrogens with zero attached hydrogens (tertiary/aromatic N) is 1. The topological polar surface area (TPSA) is 52.2 Å². The maximum atomic E-state index is 12.8. The molecule has 128 valence electrons. The van der Waals surface area contributed by atoms with E-state index in [4.69, 9.17) is 4.52 Å². The summed E-state index contributed by atoms with van der Waals surface area (Å²) in [5.74, 6) is -0.845. The first kappa shape index (κ1) is 16.8. The van der Waals surface area contributed by atoms with Crippen molar-refractivity contribution in [1.82, 2.24) is 4.74 Å². The summed E-state index contributed by atoms with van der Waals surface area (Å²) in [5.41, 5.74) is -0.932. The molecule has 7 heteroatoms. The van der Waals surface area contributed by atoms with Crippen LogP contribution < -0.4 is 5.63 Å². The van der Waals surface area contributed by atoms with E-state index in [0.717, 1.165) is 22.9 Å². The number of carbonyl (C=O) groups is 1. The first-order valence-corrected chi connectivity index (χ1v) is 7.29. The summed E-state index contributed by atoms with van der Waals surface area (Å²) in [6, 6.07) is 12.5. The fourth-order valence-electron chi connectivity index (χ4n) is 2.52. The zero-order valence-electron chi connectivity index (χ0n) is 13.0. The lowest BCUT2D eigenvalue weighted by Gasteiger charge is -2.08. The number of hydrogen-bond acceptors (Lipinski definition) is 3. The Labute approximate surface area is 140 Å².